The molecule has 1 heterocycles. The molecule has 2 amide bonds. The molecule has 0 aromatic heterocycles. The number of carbonyl (C=O) groups excluding carboxylic acids is 2. The predicted molar refractivity (Wildman–Crippen MR) is 142 cm³/mol. The second kappa shape index (κ2) is 14.5. The van der Waals surface area contributed by atoms with Crippen molar-refractivity contribution in [2.75, 3.05) is 38.7 Å². The van der Waals surface area contributed by atoms with Crippen LogP contribution in [0.4, 0.5) is 5.69 Å². The third kappa shape index (κ3) is 8.29. The number of piperidine rings is 1. The molecule has 36 heavy (non-hydrogen) atoms. The number of hydrogen-bond donors (Lipinski definition) is 3. The Balaban J connectivity index is 1.54. The average Bonchev–Trinajstić information content (AvgIpc) is 2.91. The lowest BCUT2D eigenvalue weighted by molar-refractivity contribution is -0.131. The molecule has 1 fully saturated rings. The van der Waals surface area contributed by atoms with Gasteiger partial charge in [0.05, 0.1) is 18.6 Å². The van der Waals surface area contributed by atoms with E-state index in [4.69, 9.17) is 4.74 Å². The van der Waals surface area contributed by atoms with E-state index in [2.05, 4.69) is 17.6 Å². The zero-order chi connectivity index (χ0) is 25.8. The summed E-state index contributed by atoms with van der Waals surface area (Å²) in [6.07, 6.45) is 5.89. The summed E-state index contributed by atoms with van der Waals surface area (Å²) in [5.41, 5.74) is 2.82. The molecule has 7 heteroatoms. The summed E-state index contributed by atoms with van der Waals surface area (Å²) in [6, 6.07) is 17.5. The number of benzene rings is 2. The molecular weight excluding hydrogens is 454 g/mol. The Morgan fingerprint density at radius 3 is 2.58 bits per heavy atom. The van der Waals surface area contributed by atoms with Gasteiger partial charge < -0.3 is 25.4 Å². The van der Waals surface area contributed by atoms with Crippen molar-refractivity contribution in [3.05, 3.63) is 77.9 Å². The number of amides is 2. The van der Waals surface area contributed by atoms with Gasteiger partial charge in [0, 0.05) is 44.8 Å². The quantitative estimate of drug-likeness (QED) is 0.390. The second-order valence-electron chi connectivity index (χ2n) is 9.33. The number of aliphatic hydroxyl groups is 1. The Hall–Kier alpha value is -3.00. The lowest BCUT2D eigenvalue weighted by atomic mass is 9.96. The number of hydrogen-bond acceptors (Lipinski definition) is 5. The van der Waals surface area contributed by atoms with Crippen LogP contribution in [-0.4, -0.2) is 55.2 Å². The maximum atomic E-state index is 12.8. The van der Waals surface area contributed by atoms with Crippen LogP contribution < -0.4 is 10.6 Å². The highest BCUT2D eigenvalue weighted by Gasteiger charge is 2.21. The van der Waals surface area contributed by atoms with Gasteiger partial charge in [0.2, 0.25) is 11.8 Å². The van der Waals surface area contributed by atoms with Gasteiger partial charge in [0.25, 0.3) is 0 Å². The van der Waals surface area contributed by atoms with Gasteiger partial charge in [0.15, 0.2) is 0 Å². The van der Waals surface area contributed by atoms with Crippen molar-refractivity contribution in [2.24, 2.45) is 11.8 Å². The van der Waals surface area contributed by atoms with Gasteiger partial charge in [-0.15, -0.1) is 0 Å². The first-order valence-corrected chi connectivity index (χ1v) is 12.8. The van der Waals surface area contributed by atoms with Crippen molar-refractivity contribution < 1.29 is 19.4 Å². The molecule has 0 radical (unpaired) electrons. The van der Waals surface area contributed by atoms with Gasteiger partial charge in [-0.2, -0.15) is 0 Å². The van der Waals surface area contributed by atoms with E-state index in [1.165, 1.54) is 0 Å². The highest BCUT2D eigenvalue weighted by molar-refractivity contribution is 5.92. The summed E-state index contributed by atoms with van der Waals surface area (Å²) in [6.45, 7) is 4.47. The summed E-state index contributed by atoms with van der Waals surface area (Å²) in [7, 11) is 1.68. The fourth-order valence-corrected chi connectivity index (χ4v) is 4.56. The van der Waals surface area contributed by atoms with E-state index in [0.29, 0.717) is 13.1 Å². The van der Waals surface area contributed by atoms with E-state index in [0.717, 1.165) is 42.7 Å². The van der Waals surface area contributed by atoms with Gasteiger partial charge in [-0.3, -0.25) is 9.59 Å². The lowest BCUT2D eigenvalue weighted by Gasteiger charge is -2.23. The molecule has 0 spiro atoms. The Bertz CT molecular complexity index is 972. The van der Waals surface area contributed by atoms with Crippen LogP contribution in [0.5, 0.6) is 0 Å². The van der Waals surface area contributed by atoms with Gasteiger partial charge in [-0.05, 0) is 42.6 Å². The number of anilines is 1. The minimum absolute atomic E-state index is 0.0130. The fraction of sp³-hybridized carbons (Fsp3) is 0.448. The summed E-state index contributed by atoms with van der Waals surface area (Å²) in [5.74, 6) is 0.0799. The average molecular weight is 494 g/mol. The molecule has 1 aliphatic rings. The summed E-state index contributed by atoms with van der Waals surface area (Å²) >= 11 is 0. The van der Waals surface area contributed by atoms with E-state index in [9.17, 15) is 14.7 Å². The maximum absolute atomic E-state index is 12.8. The number of ether oxygens (including phenoxy) is 1. The summed E-state index contributed by atoms with van der Waals surface area (Å²) < 4.78 is 5.76. The molecule has 2 aromatic rings. The maximum Gasteiger partial charge on any atom is 0.228 e. The van der Waals surface area contributed by atoms with Crippen LogP contribution >= 0.6 is 0 Å². The SMILES string of the molecule is CO[C@@H](c1ccc(NC(=O)C2CCCNC2)cc1)[C@@H](C)/C=C/CC(=O)N(CCO)Cc1ccccc1. The van der Waals surface area contributed by atoms with Gasteiger partial charge in [-0.1, -0.05) is 61.5 Å². The first-order chi connectivity index (χ1) is 17.5. The standard InChI is InChI=1S/C29H39N3O4/c1-22(8-6-12-27(34)32(18-19-33)21-23-9-4-3-5-10-23)28(36-2)24-13-15-26(16-14-24)31-29(35)25-11-7-17-30-20-25/h3-6,8-10,13-16,22,25,28,30,33H,7,11-12,17-21H2,1-2H3,(H,31,35)/b8-6+/t22-,25?,28+/m0/s1. The molecule has 1 unspecified atom stereocenters. The molecule has 7 nitrogen and oxygen atoms in total. The molecule has 2 aromatic carbocycles. The van der Waals surface area contributed by atoms with Gasteiger partial charge in [0.1, 0.15) is 0 Å². The van der Waals surface area contributed by atoms with Crippen molar-refractivity contribution in [1.29, 1.82) is 0 Å². The van der Waals surface area contributed by atoms with Crippen molar-refractivity contribution in [1.82, 2.24) is 10.2 Å². The molecule has 3 atom stereocenters. The molecule has 194 valence electrons. The van der Waals surface area contributed by atoms with E-state index in [1.807, 2.05) is 66.7 Å². The van der Waals surface area contributed by atoms with Crippen LogP contribution in [0.25, 0.3) is 0 Å². The van der Waals surface area contributed by atoms with E-state index in [1.54, 1.807) is 12.0 Å². The van der Waals surface area contributed by atoms with Crippen molar-refractivity contribution in [3.8, 4) is 0 Å². The molecule has 3 N–H and O–H groups in total. The number of nitrogens with zero attached hydrogens (tertiary/aromatic N) is 1. The Labute approximate surface area is 214 Å². The van der Waals surface area contributed by atoms with Gasteiger partial charge in [-0.25, -0.2) is 0 Å². The number of aliphatic hydroxyl groups excluding tert-OH is 1. The normalized spacial score (nSPS) is 17.5. The van der Waals surface area contributed by atoms with Crippen molar-refractivity contribution in [3.63, 3.8) is 0 Å². The topological polar surface area (TPSA) is 90.9 Å². The molecular formula is C29H39N3O4. The Morgan fingerprint density at radius 1 is 1.19 bits per heavy atom. The second-order valence-corrected chi connectivity index (χ2v) is 9.33. The smallest absolute Gasteiger partial charge is 0.228 e. The molecule has 0 bridgehead atoms. The van der Waals surface area contributed by atoms with Crippen LogP contribution in [0.3, 0.4) is 0 Å². The lowest BCUT2D eigenvalue weighted by Crippen LogP contribution is -2.37. The molecule has 1 aliphatic heterocycles. The van der Waals surface area contributed by atoms with E-state index >= 15 is 0 Å². The van der Waals surface area contributed by atoms with E-state index in [-0.39, 0.29) is 42.8 Å². The first-order valence-electron chi connectivity index (χ1n) is 12.8. The third-order valence-electron chi connectivity index (χ3n) is 6.58. The van der Waals surface area contributed by atoms with Crippen LogP contribution in [0, 0.1) is 11.8 Å². The molecule has 0 aliphatic carbocycles. The number of nitrogens with one attached hydrogen (secondary N) is 2. The van der Waals surface area contributed by atoms with Crippen LogP contribution in [-0.2, 0) is 20.9 Å². The largest absolute Gasteiger partial charge is 0.395 e. The summed E-state index contributed by atoms with van der Waals surface area (Å²) in [4.78, 5) is 26.9. The molecule has 0 saturated carbocycles. The zero-order valence-corrected chi connectivity index (χ0v) is 21.4. The highest BCUT2D eigenvalue weighted by atomic mass is 16.5. The fourth-order valence-electron chi connectivity index (χ4n) is 4.56. The summed E-state index contributed by atoms with van der Waals surface area (Å²) in [5, 5.41) is 15.7. The van der Waals surface area contributed by atoms with Crippen molar-refractivity contribution >= 4 is 17.5 Å². The number of methoxy groups -OCH3 is 1. The van der Waals surface area contributed by atoms with Crippen molar-refractivity contribution in [2.45, 2.75) is 38.8 Å². The monoisotopic (exact) mass is 493 g/mol. The Kier molecular flexibility index (Phi) is 11.1. The van der Waals surface area contributed by atoms with E-state index < -0.39 is 0 Å². The molecule has 3 rings (SSSR count). The Morgan fingerprint density at radius 2 is 1.94 bits per heavy atom. The minimum atomic E-state index is -0.179. The minimum Gasteiger partial charge on any atom is -0.395 e. The zero-order valence-electron chi connectivity index (χ0n) is 21.4. The number of carbonyl (C=O) groups is 2. The number of rotatable bonds is 12. The molecule has 1 saturated heterocycles. The first kappa shape index (κ1) is 27.6. The third-order valence-corrected chi connectivity index (χ3v) is 6.58. The van der Waals surface area contributed by atoms with Crippen LogP contribution in [0.15, 0.2) is 66.7 Å². The van der Waals surface area contributed by atoms with Gasteiger partial charge >= 0.3 is 0 Å². The predicted octanol–water partition coefficient (Wildman–Crippen LogP) is 3.92. The van der Waals surface area contributed by atoms with Crippen LogP contribution in [0.2, 0.25) is 0 Å². The highest BCUT2D eigenvalue weighted by Crippen LogP contribution is 2.28. The van der Waals surface area contributed by atoms with Crippen LogP contribution in [0.1, 0.15) is 43.4 Å².